The number of ether oxygens (including phenoxy) is 1. The van der Waals surface area contributed by atoms with E-state index in [0.717, 1.165) is 49.2 Å². The predicted molar refractivity (Wildman–Crippen MR) is 89.4 cm³/mol. The van der Waals surface area contributed by atoms with Gasteiger partial charge in [0.2, 0.25) is 5.91 Å². The van der Waals surface area contributed by atoms with E-state index in [1.807, 2.05) is 34.9 Å². The van der Waals surface area contributed by atoms with E-state index in [0.29, 0.717) is 6.42 Å². The third-order valence-electron chi connectivity index (χ3n) is 4.26. The van der Waals surface area contributed by atoms with E-state index in [-0.39, 0.29) is 10.8 Å². The van der Waals surface area contributed by atoms with Crippen molar-refractivity contribution in [1.29, 1.82) is 0 Å². The fraction of sp³-hybridized carbons (Fsp3) is 0.562. The number of piperidine rings is 1. The number of likely N-dealkylation sites (tertiary alicyclic amines) is 1. The summed E-state index contributed by atoms with van der Waals surface area (Å²) >= 11 is 5.46. The number of hydrogen-bond donors (Lipinski definition) is 0. The first-order valence-corrected chi connectivity index (χ1v) is 9.25. The fourth-order valence-electron chi connectivity index (χ4n) is 2.98. The van der Waals surface area contributed by atoms with Crippen LogP contribution in [-0.2, 0) is 16.0 Å². The lowest BCUT2D eigenvalue weighted by Crippen LogP contribution is -2.45. The number of thioether (sulfide) groups is 1. The van der Waals surface area contributed by atoms with Crippen LogP contribution in [0.15, 0.2) is 28.7 Å². The van der Waals surface area contributed by atoms with E-state index in [1.54, 1.807) is 0 Å². The number of carbonyl (C=O) groups is 1. The highest BCUT2D eigenvalue weighted by Gasteiger charge is 2.39. The quantitative estimate of drug-likeness (QED) is 0.816. The molecule has 1 spiro atoms. The number of benzene rings is 1. The molecule has 1 aromatic carbocycles. The van der Waals surface area contributed by atoms with Gasteiger partial charge in [-0.15, -0.1) is 11.8 Å². The molecular weight excluding hydrogens is 350 g/mol. The number of halogens is 1. The van der Waals surface area contributed by atoms with E-state index in [2.05, 4.69) is 22.0 Å². The third-order valence-corrected chi connectivity index (χ3v) is 6.45. The summed E-state index contributed by atoms with van der Waals surface area (Å²) in [6.07, 6.45) is 3.33. The molecule has 0 radical (unpaired) electrons. The molecule has 3 rings (SSSR count). The summed E-state index contributed by atoms with van der Waals surface area (Å²) in [5, 5.41) is 0. The maximum Gasteiger partial charge on any atom is 0.222 e. The molecule has 0 aliphatic carbocycles. The van der Waals surface area contributed by atoms with E-state index in [1.165, 1.54) is 5.56 Å². The van der Waals surface area contributed by atoms with Crippen LogP contribution in [0, 0.1) is 0 Å². The molecule has 0 bridgehead atoms. The molecule has 0 unspecified atom stereocenters. The zero-order chi connectivity index (χ0) is 14.7. The number of hydrogen-bond acceptors (Lipinski definition) is 3. The SMILES string of the molecule is O=C(CCc1ccccc1Br)N1CCC2(CC1)OCCS2. The molecule has 0 N–H and O–H groups in total. The van der Waals surface area contributed by atoms with Gasteiger partial charge in [-0.25, -0.2) is 0 Å². The average molecular weight is 370 g/mol. The van der Waals surface area contributed by atoms with E-state index in [9.17, 15) is 4.79 Å². The Morgan fingerprint density at radius 2 is 2.10 bits per heavy atom. The van der Waals surface area contributed by atoms with Crippen molar-refractivity contribution in [3.05, 3.63) is 34.3 Å². The van der Waals surface area contributed by atoms with Crippen LogP contribution in [0.1, 0.15) is 24.8 Å². The largest absolute Gasteiger partial charge is 0.363 e. The van der Waals surface area contributed by atoms with Crippen molar-refractivity contribution in [2.24, 2.45) is 0 Å². The van der Waals surface area contributed by atoms with Crippen molar-refractivity contribution >= 4 is 33.6 Å². The summed E-state index contributed by atoms with van der Waals surface area (Å²) in [5.41, 5.74) is 1.20. The molecule has 5 heteroatoms. The highest BCUT2D eigenvalue weighted by molar-refractivity contribution is 9.10. The summed E-state index contributed by atoms with van der Waals surface area (Å²) in [5.74, 6) is 1.36. The second-order valence-electron chi connectivity index (χ2n) is 5.58. The lowest BCUT2D eigenvalue weighted by Gasteiger charge is -2.37. The van der Waals surface area contributed by atoms with Crippen LogP contribution in [0.3, 0.4) is 0 Å². The van der Waals surface area contributed by atoms with Gasteiger partial charge in [0.25, 0.3) is 0 Å². The normalized spacial score (nSPS) is 20.9. The second kappa shape index (κ2) is 6.71. The molecule has 2 saturated heterocycles. The Labute approximate surface area is 138 Å². The molecule has 1 aromatic rings. The van der Waals surface area contributed by atoms with Crippen LogP contribution >= 0.6 is 27.7 Å². The molecule has 2 aliphatic rings. The Morgan fingerprint density at radius 1 is 1.33 bits per heavy atom. The minimum absolute atomic E-state index is 0.0131. The molecular formula is C16H20BrNO2S. The second-order valence-corrected chi connectivity index (χ2v) is 7.88. The summed E-state index contributed by atoms with van der Waals surface area (Å²) in [4.78, 5) is 14.4. The molecule has 114 valence electrons. The van der Waals surface area contributed by atoms with Gasteiger partial charge in [0.05, 0.1) is 6.61 Å². The number of amides is 1. The Hall–Kier alpha value is -0.520. The lowest BCUT2D eigenvalue weighted by atomic mass is 10.0. The number of carbonyl (C=O) groups excluding carboxylic acids is 1. The Kier molecular flexibility index (Phi) is 4.92. The van der Waals surface area contributed by atoms with Gasteiger partial charge in [0, 0.05) is 42.6 Å². The zero-order valence-corrected chi connectivity index (χ0v) is 14.4. The van der Waals surface area contributed by atoms with Gasteiger partial charge in [-0.2, -0.15) is 0 Å². The Balaban J connectivity index is 1.49. The molecule has 2 fully saturated rings. The highest BCUT2D eigenvalue weighted by atomic mass is 79.9. The monoisotopic (exact) mass is 369 g/mol. The minimum atomic E-state index is 0.0131. The van der Waals surface area contributed by atoms with Crippen molar-refractivity contribution in [2.75, 3.05) is 25.4 Å². The van der Waals surface area contributed by atoms with Crippen molar-refractivity contribution in [3.8, 4) is 0 Å². The topological polar surface area (TPSA) is 29.5 Å². The average Bonchev–Trinajstić information content (AvgIpc) is 2.95. The first-order valence-electron chi connectivity index (χ1n) is 7.48. The van der Waals surface area contributed by atoms with Gasteiger partial charge in [0.1, 0.15) is 4.93 Å². The molecule has 21 heavy (non-hydrogen) atoms. The molecule has 2 aliphatic heterocycles. The van der Waals surface area contributed by atoms with Gasteiger partial charge < -0.3 is 9.64 Å². The maximum atomic E-state index is 12.3. The first kappa shape index (κ1) is 15.4. The third kappa shape index (κ3) is 3.63. The minimum Gasteiger partial charge on any atom is -0.363 e. The molecule has 1 amide bonds. The van der Waals surface area contributed by atoms with Gasteiger partial charge >= 0.3 is 0 Å². The highest BCUT2D eigenvalue weighted by Crippen LogP contribution is 2.41. The van der Waals surface area contributed by atoms with Crippen LogP contribution in [0.4, 0.5) is 0 Å². The van der Waals surface area contributed by atoms with Gasteiger partial charge in [-0.05, 0) is 18.1 Å². The fourth-order valence-corrected chi connectivity index (χ4v) is 4.64. The number of rotatable bonds is 3. The standard InChI is InChI=1S/C16H20BrNO2S/c17-14-4-2-1-3-13(14)5-6-15(19)18-9-7-16(8-10-18)20-11-12-21-16/h1-4H,5-12H2. The van der Waals surface area contributed by atoms with E-state index in [4.69, 9.17) is 4.74 Å². The molecule has 0 atom stereocenters. The van der Waals surface area contributed by atoms with Crippen molar-refractivity contribution in [2.45, 2.75) is 30.6 Å². The summed E-state index contributed by atoms with van der Waals surface area (Å²) < 4.78 is 6.96. The van der Waals surface area contributed by atoms with Crippen molar-refractivity contribution < 1.29 is 9.53 Å². The first-order chi connectivity index (χ1) is 10.2. The van der Waals surface area contributed by atoms with Crippen LogP contribution in [0.5, 0.6) is 0 Å². The van der Waals surface area contributed by atoms with Gasteiger partial charge in [-0.1, -0.05) is 34.1 Å². The van der Waals surface area contributed by atoms with E-state index < -0.39 is 0 Å². The number of aryl methyl sites for hydroxylation is 1. The predicted octanol–water partition coefficient (Wildman–Crippen LogP) is 3.46. The van der Waals surface area contributed by atoms with Crippen LogP contribution in [0.25, 0.3) is 0 Å². The van der Waals surface area contributed by atoms with Gasteiger partial charge in [0.15, 0.2) is 0 Å². The van der Waals surface area contributed by atoms with Crippen LogP contribution in [0.2, 0.25) is 0 Å². The van der Waals surface area contributed by atoms with Crippen molar-refractivity contribution in [1.82, 2.24) is 4.90 Å². The maximum absolute atomic E-state index is 12.3. The Bertz CT molecular complexity index is 507. The summed E-state index contributed by atoms with van der Waals surface area (Å²) in [6, 6.07) is 8.12. The van der Waals surface area contributed by atoms with Crippen LogP contribution in [-0.4, -0.2) is 41.2 Å². The number of nitrogens with zero attached hydrogens (tertiary/aromatic N) is 1. The Morgan fingerprint density at radius 3 is 2.76 bits per heavy atom. The molecule has 0 saturated carbocycles. The molecule has 2 heterocycles. The molecule has 3 nitrogen and oxygen atoms in total. The van der Waals surface area contributed by atoms with Crippen molar-refractivity contribution in [3.63, 3.8) is 0 Å². The molecule has 0 aromatic heterocycles. The van der Waals surface area contributed by atoms with Gasteiger partial charge in [-0.3, -0.25) is 4.79 Å². The van der Waals surface area contributed by atoms with E-state index >= 15 is 0 Å². The summed E-state index contributed by atoms with van der Waals surface area (Å²) in [7, 11) is 0. The smallest absolute Gasteiger partial charge is 0.222 e. The van der Waals surface area contributed by atoms with Crippen LogP contribution < -0.4 is 0 Å². The summed E-state index contributed by atoms with van der Waals surface area (Å²) in [6.45, 7) is 2.53. The lowest BCUT2D eigenvalue weighted by molar-refractivity contribution is -0.134. The zero-order valence-electron chi connectivity index (χ0n) is 12.0.